The summed E-state index contributed by atoms with van der Waals surface area (Å²) in [5, 5.41) is 0. The molecular formula is C16H23NO4. The van der Waals surface area contributed by atoms with Crippen LogP contribution in [0, 0.1) is 5.92 Å². The molecule has 1 aromatic rings. The van der Waals surface area contributed by atoms with E-state index in [9.17, 15) is 9.59 Å². The summed E-state index contributed by atoms with van der Waals surface area (Å²) in [6.45, 7) is 6.74. The van der Waals surface area contributed by atoms with E-state index in [1.807, 2.05) is 6.92 Å². The van der Waals surface area contributed by atoms with Gasteiger partial charge in [0.2, 0.25) is 0 Å². The Morgan fingerprint density at radius 2 is 1.62 bits per heavy atom. The molecule has 0 aliphatic carbocycles. The van der Waals surface area contributed by atoms with Crippen LogP contribution in [0.15, 0.2) is 18.2 Å². The molecule has 0 amide bonds. The topological polar surface area (TPSA) is 65.5 Å². The lowest BCUT2D eigenvalue weighted by Gasteiger charge is -2.12. The Morgan fingerprint density at radius 1 is 1.05 bits per heavy atom. The van der Waals surface area contributed by atoms with Crippen LogP contribution in [0.2, 0.25) is 0 Å². The molecule has 0 aromatic carbocycles. The van der Waals surface area contributed by atoms with Gasteiger partial charge in [0.05, 0.1) is 13.2 Å². The Bertz CT molecular complexity index is 469. The third kappa shape index (κ3) is 5.53. The van der Waals surface area contributed by atoms with Gasteiger partial charge in [-0.3, -0.25) is 0 Å². The van der Waals surface area contributed by atoms with E-state index in [-0.39, 0.29) is 11.4 Å². The molecule has 21 heavy (non-hydrogen) atoms. The van der Waals surface area contributed by atoms with Gasteiger partial charge in [0.1, 0.15) is 11.4 Å². The summed E-state index contributed by atoms with van der Waals surface area (Å²) in [6.07, 6.45) is 2.66. The Labute approximate surface area is 125 Å². The van der Waals surface area contributed by atoms with Gasteiger partial charge in [0, 0.05) is 0 Å². The highest BCUT2D eigenvalue weighted by molar-refractivity contribution is 5.91. The van der Waals surface area contributed by atoms with Crippen LogP contribution in [0.4, 0.5) is 0 Å². The molecule has 1 rings (SSSR count). The van der Waals surface area contributed by atoms with E-state index >= 15 is 0 Å². The Kier molecular flexibility index (Phi) is 7.43. The summed E-state index contributed by atoms with van der Waals surface area (Å²) in [5.41, 5.74) is 0.257. The van der Waals surface area contributed by atoms with Crippen molar-refractivity contribution in [2.45, 2.75) is 40.0 Å². The fourth-order valence-electron chi connectivity index (χ4n) is 1.72. The van der Waals surface area contributed by atoms with Gasteiger partial charge in [-0.05, 0) is 24.5 Å². The quantitative estimate of drug-likeness (QED) is 0.688. The third-order valence-corrected chi connectivity index (χ3v) is 3.21. The molecule has 0 fully saturated rings. The summed E-state index contributed by atoms with van der Waals surface area (Å²) < 4.78 is 10.2. The molecule has 0 bridgehead atoms. The van der Waals surface area contributed by atoms with Crippen molar-refractivity contribution in [2.75, 3.05) is 13.2 Å². The van der Waals surface area contributed by atoms with Crippen LogP contribution < -0.4 is 0 Å². The summed E-state index contributed by atoms with van der Waals surface area (Å²) in [6, 6.07) is 4.66. The molecule has 116 valence electrons. The van der Waals surface area contributed by atoms with Crippen molar-refractivity contribution in [3.8, 4) is 0 Å². The zero-order valence-electron chi connectivity index (χ0n) is 12.9. The van der Waals surface area contributed by atoms with Crippen molar-refractivity contribution in [1.82, 2.24) is 4.98 Å². The summed E-state index contributed by atoms with van der Waals surface area (Å²) in [7, 11) is 0. The maximum atomic E-state index is 11.9. The van der Waals surface area contributed by atoms with Gasteiger partial charge >= 0.3 is 11.9 Å². The van der Waals surface area contributed by atoms with Crippen molar-refractivity contribution in [2.24, 2.45) is 5.92 Å². The first kappa shape index (κ1) is 17.1. The van der Waals surface area contributed by atoms with Crippen LogP contribution in [0.5, 0.6) is 0 Å². The van der Waals surface area contributed by atoms with Crippen LogP contribution >= 0.6 is 0 Å². The van der Waals surface area contributed by atoms with Crippen molar-refractivity contribution < 1.29 is 19.1 Å². The zero-order valence-corrected chi connectivity index (χ0v) is 12.9. The molecule has 0 radical (unpaired) electrons. The minimum absolute atomic E-state index is 0.125. The second-order valence-corrected chi connectivity index (χ2v) is 4.82. The Balaban J connectivity index is 2.66. The van der Waals surface area contributed by atoms with Gasteiger partial charge in [0.25, 0.3) is 0 Å². The second-order valence-electron chi connectivity index (χ2n) is 4.82. The molecule has 0 aliphatic rings. The standard InChI is InChI=1S/C16H23NO4/c1-4-10-20-15(18)13-8-7-9-14(17-13)16(19)21-11-12(5-2)6-3/h7-9,12H,4-6,10-11H2,1-3H3. The van der Waals surface area contributed by atoms with E-state index in [0.717, 1.165) is 19.3 Å². The van der Waals surface area contributed by atoms with Crippen molar-refractivity contribution in [3.05, 3.63) is 29.6 Å². The minimum atomic E-state index is -0.522. The van der Waals surface area contributed by atoms with Gasteiger partial charge in [-0.25, -0.2) is 14.6 Å². The normalized spacial score (nSPS) is 10.5. The molecule has 0 saturated heterocycles. The predicted octanol–water partition coefficient (Wildman–Crippen LogP) is 3.24. The highest BCUT2D eigenvalue weighted by atomic mass is 16.5. The molecule has 0 unspecified atom stereocenters. The molecule has 0 N–H and O–H groups in total. The minimum Gasteiger partial charge on any atom is -0.461 e. The van der Waals surface area contributed by atoms with Gasteiger partial charge in [0.15, 0.2) is 0 Å². The van der Waals surface area contributed by atoms with E-state index in [4.69, 9.17) is 9.47 Å². The SMILES string of the molecule is CCCOC(=O)c1cccc(C(=O)OCC(CC)CC)n1. The number of carbonyl (C=O) groups excluding carboxylic acids is 2. The number of aromatic nitrogens is 1. The third-order valence-electron chi connectivity index (χ3n) is 3.21. The average Bonchev–Trinajstić information content (AvgIpc) is 2.53. The summed E-state index contributed by atoms with van der Waals surface area (Å²) in [5.74, 6) is -0.676. The Hall–Kier alpha value is -1.91. The van der Waals surface area contributed by atoms with Crippen molar-refractivity contribution >= 4 is 11.9 Å². The number of carbonyl (C=O) groups is 2. The smallest absolute Gasteiger partial charge is 0.356 e. The average molecular weight is 293 g/mol. The van der Waals surface area contributed by atoms with Gasteiger partial charge in [-0.1, -0.05) is 39.7 Å². The number of hydrogen-bond donors (Lipinski definition) is 0. The molecule has 5 heteroatoms. The number of pyridine rings is 1. The highest BCUT2D eigenvalue weighted by Crippen LogP contribution is 2.10. The van der Waals surface area contributed by atoms with Crippen LogP contribution in [0.1, 0.15) is 61.0 Å². The van der Waals surface area contributed by atoms with Crippen LogP contribution in [-0.2, 0) is 9.47 Å². The monoisotopic (exact) mass is 293 g/mol. The molecule has 0 aliphatic heterocycles. The first-order valence-corrected chi connectivity index (χ1v) is 7.43. The van der Waals surface area contributed by atoms with E-state index in [1.165, 1.54) is 12.1 Å². The van der Waals surface area contributed by atoms with Crippen LogP contribution in [0.3, 0.4) is 0 Å². The second kappa shape index (κ2) is 9.10. The summed E-state index contributed by atoms with van der Waals surface area (Å²) >= 11 is 0. The molecule has 1 aromatic heterocycles. The predicted molar refractivity (Wildman–Crippen MR) is 79.2 cm³/mol. The molecule has 0 saturated carbocycles. The molecule has 1 heterocycles. The summed E-state index contributed by atoms with van der Waals surface area (Å²) in [4.78, 5) is 27.6. The lowest BCUT2D eigenvalue weighted by molar-refractivity contribution is 0.0425. The van der Waals surface area contributed by atoms with Crippen molar-refractivity contribution in [3.63, 3.8) is 0 Å². The number of rotatable bonds is 8. The number of hydrogen-bond acceptors (Lipinski definition) is 5. The fourth-order valence-corrected chi connectivity index (χ4v) is 1.72. The first-order chi connectivity index (χ1) is 10.1. The van der Waals surface area contributed by atoms with E-state index in [0.29, 0.717) is 19.1 Å². The number of esters is 2. The zero-order chi connectivity index (χ0) is 15.7. The largest absolute Gasteiger partial charge is 0.461 e. The van der Waals surface area contributed by atoms with Crippen LogP contribution in [0.25, 0.3) is 0 Å². The maximum absolute atomic E-state index is 11.9. The van der Waals surface area contributed by atoms with E-state index in [2.05, 4.69) is 18.8 Å². The highest BCUT2D eigenvalue weighted by Gasteiger charge is 2.15. The first-order valence-electron chi connectivity index (χ1n) is 7.43. The van der Waals surface area contributed by atoms with Crippen LogP contribution in [-0.4, -0.2) is 30.1 Å². The van der Waals surface area contributed by atoms with E-state index < -0.39 is 11.9 Å². The van der Waals surface area contributed by atoms with Gasteiger partial charge in [-0.15, -0.1) is 0 Å². The van der Waals surface area contributed by atoms with Gasteiger partial charge in [-0.2, -0.15) is 0 Å². The van der Waals surface area contributed by atoms with Gasteiger partial charge < -0.3 is 9.47 Å². The lowest BCUT2D eigenvalue weighted by Crippen LogP contribution is -2.16. The molecule has 5 nitrogen and oxygen atoms in total. The molecular weight excluding hydrogens is 270 g/mol. The van der Waals surface area contributed by atoms with E-state index in [1.54, 1.807) is 6.07 Å². The lowest BCUT2D eigenvalue weighted by atomic mass is 10.1. The fraction of sp³-hybridized carbons (Fsp3) is 0.562. The van der Waals surface area contributed by atoms with Crippen molar-refractivity contribution in [1.29, 1.82) is 0 Å². The molecule has 0 atom stereocenters. The maximum Gasteiger partial charge on any atom is 0.356 e. The molecule has 0 spiro atoms. The Morgan fingerprint density at radius 3 is 2.14 bits per heavy atom. The number of nitrogens with zero attached hydrogens (tertiary/aromatic N) is 1. The number of ether oxygens (including phenoxy) is 2.